The maximum Gasteiger partial charge on any atom is 0.205 e. The van der Waals surface area contributed by atoms with Gasteiger partial charge in [0.2, 0.25) is 5.72 Å². The van der Waals surface area contributed by atoms with Gasteiger partial charge in [0.15, 0.2) is 11.5 Å². The molecule has 0 aliphatic carbocycles. The second-order valence-electron chi connectivity index (χ2n) is 6.83. The number of ether oxygens (including phenoxy) is 2. The minimum Gasteiger partial charge on any atom is -0.394 e. The summed E-state index contributed by atoms with van der Waals surface area (Å²) in [6, 6.07) is 0. The SMILES string of the molecule is Nc1ncnc2c1ncn2[C@]1(C2O[C@H](CO)[C@H](O)[C@H]2O)O[C@H](CO)[C@@H](O)[C@H]1O. The first-order valence-electron chi connectivity index (χ1n) is 8.58. The van der Waals surface area contributed by atoms with Crippen LogP contribution in [0, 0.1) is 0 Å². The fourth-order valence-corrected chi connectivity index (χ4v) is 3.90. The minimum atomic E-state index is -2.04. The van der Waals surface area contributed by atoms with Crippen LogP contribution in [0.15, 0.2) is 12.7 Å². The number of rotatable bonds is 4. The molecule has 2 aliphatic rings. The molecule has 4 heterocycles. The summed E-state index contributed by atoms with van der Waals surface area (Å²) < 4.78 is 12.6. The van der Waals surface area contributed by atoms with Crippen molar-refractivity contribution in [2.45, 2.75) is 48.5 Å². The standard InChI is InChI=1S/C15H21N5O8/c16-13-7-14(18-3-17-13)20(4-19-7)15(11(26)9(24)6(2-22)28-15)12-10(25)8(23)5(1-21)27-12/h3-6,8-12,21-26H,1-2H2,(H2,16,17,18)/t5-,6-,8+,9-,10-,11-,12?,15+/m1/s1. The van der Waals surface area contributed by atoms with E-state index in [1.165, 1.54) is 10.9 Å². The number of hydrogen-bond acceptors (Lipinski definition) is 12. The van der Waals surface area contributed by atoms with Crippen LogP contribution < -0.4 is 5.73 Å². The van der Waals surface area contributed by atoms with Crippen molar-refractivity contribution in [2.75, 3.05) is 18.9 Å². The molecule has 2 aromatic rings. The highest BCUT2D eigenvalue weighted by Gasteiger charge is 2.65. The minimum absolute atomic E-state index is 0.0480. The van der Waals surface area contributed by atoms with E-state index in [9.17, 15) is 30.6 Å². The number of nitrogen functional groups attached to an aromatic ring is 1. The zero-order chi connectivity index (χ0) is 20.2. The lowest BCUT2D eigenvalue weighted by Gasteiger charge is -2.39. The van der Waals surface area contributed by atoms with Crippen molar-refractivity contribution >= 4 is 17.0 Å². The second kappa shape index (κ2) is 6.82. The quantitative estimate of drug-likeness (QED) is 0.260. The van der Waals surface area contributed by atoms with Gasteiger partial charge in [-0.2, -0.15) is 0 Å². The van der Waals surface area contributed by atoms with Crippen LogP contribution in [0.1, 0.15) is 0 Å². The average Bonchev–Trinajstić information content (AvgIpc) is 3.32. The highest BCUT2D eigenvalue weighted by molar-refractivity contribution is 5.81. The Hall–Kier alpha value is -1.97. The molecule has 154 valence electrons. The van der Waals surface area contributed by atoms with Crippen molar-refractivity contribution in [1.29, 1.82) is 0 Å². The Kier molecular flexibility index (Phi) is 4.71. The van der Waals surface area contributed by atoms with Crippen LogP contribution >= 0.6 is 0 Å². The molecule has 0 amide bonds. The molecular weight excluding hydrogens is 378 g/mol. The zero-order valence-corrected chi connectivity index (χ0v) is 14.5. The summed E-state index contributed by atoms with van der Waals surface area (Å²) in [6.45, 7) is -1.24. The van der Waals surface area contributed by atoms with Gasteiger partial charge in [0.25, 0.3) is 0 Å². The highest BCUT2D eigenvalue weighted by atomic mass is 16.6. The van der Waals surface area contributed by atoms with E-state index in [1.54, 1.807) is 0 Å². The number of hydrogen-bond donors (Lipinski definition) is 7. The van der Waals surface area contributed by atoms with E-state index in [4.69, 9.17) is 15.2 Å². The lowest BCUT2D eigenvalue weighted by Crippen LogP contribution is -2.58. The van der Waals surface area contributed by atoms with Gasteiger partial charge in [-0.15, -0.1) is 0 Å². The number of fused-ring (bicyclic) bond motifs is 1. The number of aromatic nitrogens is 4. The summed E-state index contributed by atoms with van der Waals surface area (Å²) in [4.78, 5) is 12.0. The Bertz CT molecular complexity index is 866. The predicted octanol–water partition coefficient (Wildman–Crippen LogP) is -4.34. The van der Waals surface area contributed by atoms with Gasteiger partial charge in [0.1, 0.15) is 54.6 Å². The molecule has 0 spiro atoms. The van der Waals surface area contributed by atoms with Crippen LogP contribution in [0.5, 0.6) is 0 Å². The second-order valence-corrected chi connectivity index (χ2v) is 6.83. The third-order valence-electron chi connectivity index (χ3n) is 5.34. The Balaban J connectivity index is 1.92. The van der Waals surface area contributed by atoms with Crippen LogP contribution in [-0.2, 0) is 15.2 Å². The monoisotopic (exact) mass is 399 g/mol. The van der Waals surface area contributed by atoms with Gasteiger partial charge in [0, 0.05) is 0 Å². The number of nitrogens with two attached hydrogens (primary N) is 1. The molecule has 0 aromatic carbocycles. The normalized spacial score (nSPS) is 41.1. The van der Waals surface area contributed by atoms with Crippen molar-refractivity contribution in [3.8, 4) is 0 Å². The van der Waals surface area contributed by atoms with Gasteiger partial charge in [0.05, 0.1) is 19.5 Å². The zero-order valence-electron chi connectivity index (χ0n) is 14.5. The van der Waals surface area contributed by atoms with Gasteiger partial charge < -0.3 is 45.8 Å². The first kappa shape index (κ1) is 19.4. The summed E-state index contributed by atoms with van der Waals surface area (Å²) in [5, 5.41) is 61.0. The predicted molar refractivity (Wildman–Crippen MR) is 89.4 cm³/mol. The van der Waals surface area contributed by atoms with Crippen molar-refractivity contribution in [2.24, 2.45) is 0 Å². The van der Waals surface area contributed by atoms with Crippen LogP contribution in [0.3, 0.4) is 0 Å². The number of anilines is 1. The van der Waals surface area contributed by atoms with Gasteiger partial charge in [-0.25, -0.2) is 15.0 Å². The van der Waals surface area contributed by atoms with E-state index < -0.39 is 61.7 Å². The van der Waals surface area contributed by atoms with E-state index in [-0.39, 0.29) is 17.0 Å². The Morgan fingerprint density at radius 1 is 1.00 bits per heavy atom. The number of aliphatic hydroxyl groups is 6. The average molecular weight is 399 g/mol. The van der Waals surface area contributed by atoms with Crippen molar-refractivity contribution in [1.82, 2.24) is 19.5 Å². The fourth-order valence-electron chi connectivity index (χ4n) is 3.90. The fraction of sp³-hybridized carbons (Fsp3) is 0.667. The lowest BCUT2D eigenvalue weighted by atomic mass is 9.92. The van der Waals surface area contributed by atoms with Gasteiger partial charge in [-0.3, -0.25) is 4.57 Å². The largest absolute Gasteiger partial charge is 0.394 e. The molecule has 0 bridgehead atoms. The number of aliphatic hydroxyl groups excluding tert-OH is 6. The smallest absolute Gasteiger partial charge is 0.205 e. The first-order valence-corrected chi connectivity index (χ1v) is 8.58. The third-order valence-corrected chi connectivity index (χ3v) is 5.34. The number of nitrogens with zero attached hydrogens (tertiary/aromatic N) is 4. The molecule has 13 heteroatoms. The molecule has 2 fully saturated rings. The maximum atomic E-state index is 10.9. The maximum absolute atomic E-state index is 10.9. The highest BCUT2D eigenvalue weighted by Crippen LogP contribution is 2.45. The first-order chi connectivity index (χ1) is 13.4. The van der Waals surface area contributed by atoms with E-state index in [2.05, 4.69) is 15.0 Å². The molecule has 1 unspecified atom stereocenters. The van der Waals surface area contributed by atoms with Crippen molar-refractivity contribution in [3.63, 3.8) is 0 Å². The molecule has 2 aromatic heterocycles. The molecule has 2 saturated heterocycles. The summed E-state index contributed by atoms with van der Waals surface area (Å²) in [7, 11) is 0. The number of imidazole rings is 1. The topological polar surface area (TPSA) is 209 Å². The van der Waals surface area contributed by atoms with E-state index in [1.807, 2.05) is 0 Å². The lowest BCUT2D eigenvalue weighted by molar-refractivity contribution is -0.231. The van der Waals surface area contributed by atoms with Crippen LogP contribution in [0.2, 0.25) is 0 Å². The van der Waals surface area contributed by atoms with Crippen molar-refractivity contribution in [3.05, 3.63) is 12.7 Å². The van der Waals surface area contributed by atoms with Crippen molar-refractivity contribution < 1.29 is 40.1 Å². The van der Waals surface area contributed by atoms with Gasteiger partial charge in [-0.05, 0) is 0 Å². The van der Waals surface area contributed by atoms with Crippen LogP contribution in [0.25, 0.3) is 11.2 Å². The molecule has 2 aliphatic heterocycles. The molecule has 8 atom stereocenters. The Morgan fingerprint density at radius 2 is 1.71 bits per heavy atom. The van der Waals surface area contributed by atoms with Gasteiger partial charge >= 0.3 is 0 Å². The summed E-state index contributed by atoms with van der Waals surface area (Å²) >= 11 is 0. The summed E-state index contributed by atoms with van der Waals surface area (Å²) in [5.41, 5.74) is 4.04. The Labute approximate surface area is 157 Å². The molecule has 0 saturated carbocycles. The van der Waals surface area contributed by atoms with Gasteiger partial charge in [-0.1, -0.05) is 0 Å². The molecule has 28 heavy (non-hydrogen) atoms. The molecule has 8 N–H and O–H groups in total. The molecular formula is C15H21N5O8. The van der Waals surface area contributed by atoms with E-state index >= 15 is 0 Å². The van der Waals surface area contributed by atoms with E-state index in [0.717, 1.165) is 6.33 Å². The van der Waals surface area contributed by atoms with Crippen LogP contribution in [0.4, 0.5) is 5.82 Å². The van der Waals surface area contributed by atoms with Crippen LogP contribution in [-0.4, -0.2) is 106 Å². The van der Waals surface area contributed by atoms with E-state index in [0.29, 0.717) is 0 Å². The summed E-state index contributed by atoms with van der Waals surface area (Å²) in [6.07, 6.45) is -7.84. The molecule has 0 radical (unpaired) electrons. The summed E-state index contributed by atoms with van der Waals surface area (Å²) in [5.74, 6) is 0.0480. The molecule has 13 nitrogen and oxygen atoms in total. The molecule has 4 rings (SSSR count). The third kappa shape index (κ3) is 2.46. The Morgan fingerprint density at radius 3 is 2.32 bits per heavy atom.